The van der Waals surface area contributed by atoms with Crippen LogP contribution in [0, 0.1) is 36.5 Å². The Kier molecular flexibility index (Phi) is 5.51. The fraction of sp³-hybridized carbons (Fsp3) is 0.314. The number of fused-ring (bicyclic) bond motifs is 5. The Morgan fingerprint density at radius 1 is 0.947 bits per heavy atom. The molecule has 0 saturated carbocycles. The molecule has 5 aromatic rings. The van der Waals surface area contributed by atoms with Crippen molar-refractivity contribution >= 4 is 32.3 Å². The summed E-state index contributed by atoms with van der Waals surface area (Å²) >= 11 is 0. The van der Waals surface area contributed by atoms with E-state index in [0.717, 1.165) is 23.3 Å². The molecule has 6 rings (SSSR count). The summed E-state index contributed by atoms with van der Waals surface area (Å²) in [4.78, 5) is 0. The van der Waals surface area contributed by atoms with E-state index in [1.807, 2.05) is 13.8 Å². The summed E-state index contributed by atoms with van der Waals surface area (Å²) in [5, 5.41) is 17.1. The quantitative estimate of drug-likeness (QED) is 0.180. The number of nitrogens with zero attached hydrogens (tertiary/aromatic N) is 2. The highest BCUT2D eigenvalue weighted by Gasteiger charge is 2.34. The molecule has 0 fully saturated rings. The van der Waals surface area contributed by atoms with Crippen molar-refractivity contribution in [3.63, 3.8) is 0 Å². The van der Waals surface area contributed by atoms with Gasteiger partial charge in [-0.05, 0) is 85.2 Å². The minimum Gasteiger partial charge on any atom is -0.455 e. The molecule has 0 aliphatic carbocycles. The highest BCUT2D eigenvalue weighted by atomic mass is 16.5. The van der Waals surface area contributed by atoms with Gasteiger partial charge in [-0.15, -0.1) is 0 Å². The van der Waals surface area contributed by atoms with Crippen LogP contribution < -0.4 is 9.30 Å². The summed E-state index contributed by atoms with van der Waals surface area (Å²) in [6.07, 6.45) is 3.83. The van der Waals surface area contributed by atoms with Crippen molar-refractivity contribution in [2.45, 2.75) is 54.4 Å². The van der Waals surface area contributed by atoms with Crippen LogP contribution in [0.25, 0.3) is 43.6 Å². The van der Waals surface area contributed by atoms with Gasteiger partial charge in [0.15, 0.2) is 6.20 Å². The summed E-state index contributed by atoms with van der Waals surface area (Å²) in [5.74, 6) is 2.40. The first kappa shape index (κ1) is 24.4. The first-order chi connectivity index (χ1) is 18.1. The summed E-state index contributed by atoms with van der Waals surface area (Å²) in [6, 6.07) is 20.2. The predicted octanol–water partition coefficient (Wildman–Crippen LogP) is 8.65. The lowest BCUT2D eigenvalue weighted by molar-refractivity contribution is -0.659. The standard InChI is InChI=1S/C35H35N2O/c1-20(2)15-29-25-12-11-21(3)16-27(25)22(4)31-33-32-26(13-14-37(33)7)24-10-8-9-23(18-35(5,6)19-36)28(24)17-30(32)38-34(29)31/h8-14,16-17,20H,15,18H2,1-7H3/q+1. The summed E-state index contributed by atoms with van der Waals surface area (Å²) in [7, 11) is 2.14. The lowest BCUT2D eigenvalue weighted by Crippen LogP contribution is -2.32. The van der Waals surface area contributed by atoms with Gasteiger partial charge >= 0.3 is 0 Å². The molecule has 4 aromatic carbocycles. The molecule has 0 unspecified atom stereocenters. The predicted molar refractivity (Wildman–Crippen MR) is 157 cm³/mol. The van der Waals surface area contributed by atoms with Gasteiger partial charge in [0.2, 0.25) is 5.69 Å². The van der Waals surface area contributed by atoms with E-state index >= 15 is 0 Å². The van der Waals surface area contributed by atoms with E-state index in [9.17, 15) is 5.26 Å². The average molecular weight is 500 g/mol. The number of pyridine rings is 1. The Bertz CT molecular complexity index is 1840. The second-order valence-electron chi connectivity index (χ2n) is 12.2. The van der Waals surface area contributed by atoms with Crippen LogP contribution in [0.15, 0.2) is 54.7 Å². The number of aryl methyl sites for hydroxylation is 3. The van der Waals surface area contributed by atoms with Gasteiger partial charge in [0.25, 0.3) is 0 Å². The maximum absolute atomic E-state index is 9.74. The van der Waals surface area contributed by atoms with Crippen molar-refractivity contribution in [2.24, 2.45) is 18.4 Å². The van der Waals surface area contributed by atoms with Crippen LogP contribution in [0.4, 0.5) is 0 Å². The van der Waals surface area contributed by atoms with Crippen LogP contribution in [-0.4, -0.2) is 0 Å². The molecule has 0 N–H and O–H groups in total. The third-order valence-electron chi connectivity index (χ3n) is 8.11. The van der Waals surface area contributed by atoms with E-state index in [1.165, 1.54) is 60.4 Å². The van der Waals surface area contributed by atoms with E-state index in [0.29, 0.717) is 12.3 Å². The zero-order chi connectivity index (χ0) is 26.9. The fourth-order valence-electron chi connectivity index (χ4n) is 6.32. The molecule has 1 aliphatic rings. The van der Waals surface area contributed by atoms with Gasteiger partial charge in [0, 0.05) is 17.0 Å². The lowest BCUT2D eigenvalue weighted by Gasteiger charge is -2.27. The van der Waals surface area contributed by atoms with Gasteiger partial charge in [-0.2, -0.15) is 5.26 Å². The normalized spacial score (nSPS) is 12.7. The highest BCUT2D eigenvalue weighted by Crippen LogP contribution is 2.52. The van der Waals surface area contributed by atoms with Gasteiger partial charge in [-0.1, -0.05) is 55.8 Å². The smallest absolute Gasteiger partial charge is 0.228 e. The largest absolute Gasteiger partial charge is 0.455 e. The second kappa shape index (κ2) is 8.57. The number of nitriles is 1. The maximum Gasteiger partial charge on any atom is 0.228 e. The molecule has 0 bridgehead atoms. The van der Waals surface area contributed by atoms with Crippen molar-refractivity contribution in [1.29, 1.82) is 5.26 Å². The first-order valence-electron chi connectivity index (χ1n) is 13.6. The molecule has 0 radical (unpaired) electrons. The van der Waals surface area contributed by atoms with E-state index in [4.69, 9.17) is 4.74 Å². The van der Waals surface area contributed by atoms with E-state index in [2.05, 4.69) is 100 Å². The Balaban J connectivity index is 1.75. The Morgan fingerprint density at radius 2 is 1.74 bits per heavy atom. The van der Waals surface area contributed by atoms with E-state index < -0.39 is 5.41 Å². The van der Waals surface area contributed by atoms with Crippen LogP contribution >= 0.6 is 0 Å². The third-order valence-corrected chi connectivity index (χ3v) is 8.11. The molecular formula is C35H35N2O+. The molecule has 38 heavy (non-hydrogen) atoms. The topological polar surface area (TPSA) is 36.9 Å². The molecule has 0 amide bonds. The number of rotatable bonds is 4. The Hall–Kier alpha value is -3.90. The van der Waals surface area contributed by atoms with Gasteiger partial charge < -0.3 is 4.74 Å². The van der Waals surface area contributed by atoms with Gasteiger partial charge in [0.1, 0.15) is 18.5 Å². The molecule has 3 heteroatoms. The number of benzene rings is 4. The molecule has 0 saturated heterocycles. The zero-order valence-electron chi connectivity index (χ0n) is 23.5. The highest BCUT2D eigenvalue weighted by molar-refractivity contribution is 6.16. The third kappa shape index (κ3) is 3.66. The SMILES string of the molecule is Cc1ccc2c(CC(C)C)c3c(c(C)c2c1)-c1c2c(cc4c(CC(C)(C)C#N)cccc4c2cc[n+]1C)O3. The van der Waals surface area contributed by atoms with Crippen LogP contribution in [0.1, 0.15) is 49.9 Å². The summed E-state index contributed by atoms with van der Waals surface area (Å²) < 4.78 is 9.26. The molecule has 190 valence electrons. The van der Waals surface area contributed by atoms with Crippen molar-refractivity contribution in [3.8, 4) is 28.8 Å². The average Bonchev–Trinajstić information content (AvgIpc) is 2.87. The fourth-order valence-corrected chi connectivity index (χ4v) is 6.32. The van der Waals surface area contributed by atoms with Crippen molar-refractivity contribution in [1.82, 2.24) is 0 Å². The van der Waals surface area contributed by atoms with Crippen molar-refractivity contribution in [3.05, 3.63) is 77.0 Å². The Labute approximate surface area is 225 Å². The first-order valence-corrected chi connectivity index (χ1v) is 13.6. The van der Waals surface area contributed by atoms with Crippen molar-refractivity contribution in [2.75, 3.05) is 0 Å². The molecule has 2 heterocycles. The van der Waals surface area contributed by atoms with Gasteiger partial charge in [0.05, 0.1) is 22.4 Å². The maximum atomic E-state index is 9.74. The molecule has 1 aromatic heterocycles. The monoisotopic (exact) mass is 499 g/mol. The van der Waals surface area contributed by atoms with E-state index in [-0.39, 0.29) is 0 Å². The molecule has 1 aliphatic heterocycles. The minimum atomic E-state index is -0.444. The number of hydrogen-bond donors (Lipinski definition) is 0. The molecule has 0 spiro atoms. The van der Waals surface area contributed by atoms with Crippen LogP contribution in [0.2, 0.25) is 0 Å². The van der Waals surface area contributed by atoms with Crippen molar-refractivity contribution < 1.29 is 9.30 Å². The summed E-state index contributed by atoms with van der Waals surface area (Å²) in [6.45, 7) is 13.0. The van der Waals surface area contributed by atoms with Crippen LogP contribution in [-0.2, 0) is 19.9 Å². The van der Waals surface area contributed by atoms with E-state index in [1.54, 1.807) is 0 Å². The Morgan fingerprint density at radius 3 is 2.47 bits per heavy atom. The molecular weight excluding hydrogens is 464 g/mol. The van der Waals surface area contributed by atoms with Gasteiger partial charge in [-0.25, -0.2) is 4.57 Å². The number of ether oxygens (including phenoxy) is 1. The summed E-state index contributed by atoms with van der Waals surface area (Å²) in [5.41, 5.74) is 7.00. The van der Waals surface area contributed by atoms with Crippen LogP contribution in [0.3, 0.4) is 0 Å². The zero-order valence-corrected chi connectivity index (χ0v) is 23.5. The lowest BCUT2D eigenvalue weighted by atomic mass is 9.83. The number of aromatic nitrogens is 1. The second-order valence-corrected chi connectivity index (χ2v) is 12.2. The molecule has 3 nitrogen and oxygen atoms in total. The molecule has 0 atom stereocenters. The van der Waals surface area contributed by atoms with Gasteiger partial charge in [-0.3, -0.25) is 0 Å². The number of hydrogen-bond acceptors (Lipinski definition) is 2. The minimum absolute atomic E-state index is 0.444. The van der Waals surface area contributed by atoms with Crippen LogP contribution in [0.5, 0.6) is 11.5 Å².